The molecule has 0 aromatic heterocycles. The monoisotopic (exact) mass is 459 g/mol. The van der Waals surface area contributed by atoms with Crippen molar-refractivity contribution in [2.45, 2.75) is 46.7 Å². The Morgan fingerprint density at radius 2 is 1.71 bits per heavy atom. The van der Waals surface area contributed by atoms with Crippen LogP contribution in [0.2, 0.25) is 0 Å². The highest BCUT2D eigenvalue weighted by molar-refractivity contribution is 5.96. The van der Waals surface area contributed by atoms with Crippen molar-refractivity contribution in [1.29, 1.82) is 0 Å². The molecule has 0 spiro atoms. The Morgan fingerprint density at radius 1 is 1.00 bits per heavy atom. The topological polar surface area (TPSA) is 60.9 Å². The summed E-state index contributed by atoms with van der Waals surface area (Å²) in [5, 5.41) is 9.38. The second kappa shape index (κ2) is 10.1. The fourth-order valence-corrected chi connectivity index (χ4v) is 4.91. The number of benzene rings is 2. The normalized spacial score (nSPS) is 19.5. The number of rotatable bonds is 9. The molecule has 0 bridgehead atoms. The number of methoxy groups -OCH3 is 1. The van der Waals surface area contributed by atoms with Gasteiger partial charge < -0.3 is 10.1 Å². The summed E-state index contributed by atoms with van der Waals surface area (Å²) in [4.78, 5) is 4.91. The molecule has 4 rings (SSSR count). The van der Waals surface area contributed by atoms with E-state index in [-0.39, 0.29) is 0 Å². The summed E-state index contributed by atoms with van der Waals surface area (Å²) in [6, 6.07) is 12.8. The van der Waals surface area contributed by atoms with Crippen molar-refractivity contribution in [3.05, 3.63) is 82.3 Å². The van der Waals surface area contributed by atoms with Gasteiger partial charge in [-0.1, -0.05) is 29.8 Å². The van der Waals surface area contributed by atoms with Crippen molar-refractivity contribution < 1.29 is 4.74 Å². The first kappa shape index (κ1) is 24.2. The maximum atomic E-state index is 5.24. The van der Waals surface area contributed by atoms with Crippen molar-refractivity contribution in [1.82, 2.24) is 21.1 Å². The van der Waals surface area contributed by atoms with Crippen LogP contribution in [0.15, 0.2) is 59.5 Å². The van der Waals surface area contributed by atoms with E-state index in [0.717, 1.165) is 43.3 Å². The first-order valence-corrected chi connectivity index (χ1v) is 12.0. The van der Waals surface area contributed by atoms with E-state index in [4.69, 9.17) is 9.73 Å². The van der Waals surface area contributed by atoms with E-state index in [1.54, 1.807) is 7.11 Å². The average molecular weight is 460 g/mol. The third-order valence-corrected chi connectivity index (χ3v) is 6.50. The van der Waals surface area contributed by atoms with Crippen LogP contribution in [0.5, 0.6) is 5.75 Å². The molecule has 0 radical (unpaired) electrons. The zero-order chi connectivity index (χ0) is 24.3. The molecular weight excluding hydrogens is 422 g/mol. The Hall–Kier alpha value is -2.93. The van der Waals surface area contributed by atoms with Crippen molar-refractivity contribution in [2.24, 2.45) is 4.99 Å². The summed E-state index contributed by atoms with van der Waals surface area (Å²) in [6.45, 7) is 13.4. The molecule has 1 unspecified atom stereocenters. The zero-order valence-corrected chi connectivity index (χ0v) is 21.2. The number of aliphatic imine (C=N–C) groups is 1. The molecular formula is C28H37N5O. The molecule has 3 N–H and O–H groups in total. The molecule has 6 nitrogen and oxygen atoms in total. The van der Waals surface area contributed by atoms with Crippen molar-refractivity contribution in [3.63, 3.8) is 0 Å². The lowest BCUT2D eigenvalue weighted by atomic mass is 9.87. The lowest BCUT2D eigenvalue weighted by Gasteiger charge is -2.31. The fourth-order valence-electron chi connectivity index (χ4n) is 4.91. The van der Waals surface area contributed by atoms with E-state index in [1.807, 2.05) is 30.1 Å². The van der Waals surface area contributed by atoms with Gasteiger partial charge in [0.2, 0.25) is 0 Å². The second-order valence-corrected chi connectivity index (χ2v) is 9.42. The second-order valence-electron chi connectivity index (χ2n) is 9.42. The molecule has 34 heavy (non-hydrogen) atoms. The zero-order valence-electron chi connectivity index (χ0n) is 21.2. The summed E-state index contributed by atoms with van der Waals surface area (Å²) in [5.41, 5.74) is 11.8. The van der Waals surface area contributed by atoms with Crippen LogP contribution >= 0.6 is 0 Å². The van der Waals surface area contributed by atoms with Gasteiger partial charge in [-0.15, -0.1) is 0 Å². The van der Waals surface area contributed by atoms with Crippen LogP contribution in [0.1, 0.15) is 41.7 Å². The number of allylic oxidation sites excluding steroid dienone is 1. The van der Waals surface area contributed by atoms with Crippen LogP contribution in [-0.4, -0.2) is 43.1 Å². The van der Waals surface area contributed by atoms with Gasteiger partial charge >= 0.3 is 0 Å². The standard InChI is InChI=1S/C28H37N5O/c1-19-17-20(2)25(21(3)18-19)26-27-31-22(4)12-16-33(27)32-28(26,5)30-15-14-29-13-11-23-7-9-24(34-6)10-8-23/h7-10,12,16-18,29-30,32H,11,13-15H2,1-6H3. The minimum Gasteiger partial charge on any atom is -0.497 e. The van der Waals surface area contributed by atoms with E-state index >= 15 is 0 Å². The minimum atomic E-state index is -0.434. The number of ether oxygens (including phenoxy) is 1. The van der Waals surface area contributed by atoms with Crippen molar-refractivity contribution in [2.75, 3.05) is 26.7 Å². The lowest BCUT2D eigenvalue weighted by molar-refractivity contribution is 0.246. The van der Waals surface area contributed by atoms with Crippen LogP contribution in [0.3, 0.4) is 0 Å². The molecule has 2 aliphatic rings. The fraction of sp³-hybridized carbons (Fsp3) is 0.393. The Morgan fingerprint density at radius 3 is 2.38 bits per heavy atom. The number of aryl methyl sites for hydroxylation is 3. The van der Waals surface area contributed by atoms with Gasteiger partial charge in [0.25, 0.3) is 0 Å². The number of nitrogens with one attached hydrogen (secondary N) is 3. The molecule has 0 aliphatic carbocycles. The third kappa shape index (κ3) is 5.09. The molecule has 2 aromatic rings. The number of hydrazine groups is 1. The van der Waals surface area contributed by atoms with Gasteiger partial charge in [0.15, 0.2) is 5.82 Å². The third-order valence-electron chi connectivity index (χ3n) is 6.50. The molecule has 0 amide bonds. The van der Waals surface area contributed by atoms with Gasteiger partial charge in [0, 0.05) is 30.6 Å². The van der Waals surface area contributed by atoms with E-state index in [2.05, 4.69) is 74.2 Å². The molecule has 2 aliphatic heterocycles. The van der Waals surface area contributed by atoms with E-state index in [0.29, 0.717) is 0 Å². The SMILES string of the molecule is COc1ccc(CCNCCNC2(C)NN3C=CC(C)=NC3=C2c2c(C)cc(C)cc2C)cc1. The van der Waals surface area contributed by atoms with E-state index < -0.39 is 5.66 Å². The summed E-state index contributed by atoms with van der Waals surface area (Å²) in [7, 11) is 1.70. The first-order valence-electron chi connectivity index (χ1n) is 12.0. The van der Waals surface area contributed by atoms with Gasteiger partial charge in [-0.05, 0) is 88.0 Å². The van der Waals surface area contributed by atoms with Crippen LogP contribution in [-0.2, 0) is 6.42 Å². The summed E-state index contributed by atoms with van der Waals surface area (Å²) >= 11 is 0. The van der Waals surface area contributed by atoms with Gasteiger partial charge in [0.05, 0.1) is 7.11 Å². The first-order chi connectivity index (χ1) is 16.3. The van der Waals surface area contributed by atoms with Crippen LogP contribution in [0, 0.1) is 20.8 Å². The average Bonchev–Trinajstić information content (AvgIpc) is 3.07. The molecule has 6 heteroatoms. The van der Waals surface area contributed by atoms with Crippen molar-refractivity contribution >= 4 is 11.3 Å². The maximum Gasteiger partial charge on any atom is 0.154 e. The molecule has 0 saturated heterocycles. The largest absolute Gasteiger partial charge is 0.497 e. The predicted octanol–water partition coefficient (Wildman–Crippen LogP) is 4.24. The Labute approximate surface area is 203 Å². The van der Waals surface area contributed by atoms with Gasteiger partial charge in [-0.3, -0.25) is 10.3 Å². The maximum absolute atomic E-state index is 5.24. The Kier molecular flexibility index (Phi) is 7.22. The van der Waals surface area contributed by atoms with Crippen LogP contribution in [0.25, 0.3) is 5.57 Å². The number of hydrogen-bond acceptors (Lipinski definition) is 6. The highest BCUT2D eigenvalue weighted by atomic mass is 16.5. The number of nitrogens with zero attached hydrogens (tertiary/aromatic N) is 2. The van der Waals surface area contributed by atoms with E-state index in [9.17, 15) is 0 Å². The predicted molar refractivity (Wildman–Crippen MR) is 141 cm³/mol. The van der Waals surface area contributed by atoms with Gasteiger partial charge in [-0.25, -0.2) is 10.4 Å². The van der Waals surface area contributed by atoms with Crippen LogP contribution in [0.4, 0.5) is 0 Å². The molecule has 0 fully saturated rings. The minimum absolute atomic E-state index is 0.434. The van der Waals surface area contributed by atoms with Crippen LogP contribution < -0.4 is 20.8 Å². The quantitative estimate of drug-likeness (QED) is 0.490. The summed E-state index contributed by atoms with van der Waals surface area (Å²) in [6.07, 6.45) is 5.09. The Balaban J connectivity index is 1.44. The van der Waals surface area contributed by atoms with Gasteiger partial charge in [0.1, 0.15) is 11.4 Å². The molecule has 2 aromatic carbocycles. The summed E-state index contributed by atoms with van der Waals surface area (Å²) in [5.74, 6) is 1.87. The van der Waals surface area contributed by atoms with Gasteiger partial charge in [-0.2, -0.15) is 0 Å². The Bertz CT molecular complexity index is 1110. The molecule has 0 saturated carbocycles. The number of hydrogen-bond donors (Lipinski definition) is 3. The summed E-state index contributed by atoms with van der Waals surface area (Å²) < 4.78 is 5.24. The van der Waals surface area contributed by atoms with E-state index in [1.165, 1.54) is 33.4 Å². The number of fused-ring (bicyclic) bond motifs is 1. The molecule has 180 valence electrons. The highest BCUT2D eigenvalue weighted by Gasteiger charge is 2.42. The highest BCUT2D eigenvalue weighted by Crippen LogP contribution is 2.40. The smallest absolute Gasteiger partial charge is 0.154 e. The van der Waals surface area contributed by atoms with Crippen molar-refractivity contribution in [3.8, 4) is 5.75 Å². The molecule has 1 atom stereocenters. The lowest BCUT2D eigenvalue weighted by Crippen LogP contribution is -2.56. The molecule has 2 heterocycles.